The van der Waals surface area contributed by atoms with Gasteiger partial charge in [-0.1, -0.05) is 18.2 Å². The van der Waals surface area contributed by atoms with Crippen LogP contribution in [-0.4, -0.2) is 16.8 Å². The van der Waals surface area contributed by atoms with Crippen molar-refractivity contribution >= 4 is 24.7 Å². The molecular formula is C10H9FO2S. The lowest BCUT2D eigenvalue weighted by atomic mass is 10.1. The lowest BCUT2D eigenvalue weighted by Gasteiger charge is -1.98. The number of benzene rings is 1. The van der Waals surface area contributed by atoms with Gasteiger partial charge in [0, 0.05) is 5.75 Å². The van der Waals surface area contributed by atoms with Crippen molar-refractivity contribution in [3.63, 3.8) is 0 Å². The largest absolute Gasteiger partial charge is 0.478 e. The van der Waals surface area contributed by atoms with Crippen LogP contribution >= 0.6 is 12.6 Å². The van der Waals surface area contributed by atoms with Crippen molar-refractivity contribution in [2.75, 3.05) is 5.75 Å². The molecule has 0 saturated carbocycles. The quantitative estimate of drug-likeness (QED) is 0.755. The van der Waals surface area contributed by atoms with Crippen molar-refractivity contribution in [3.8, 4) is 0 Å². The first-order valence-corrected chi connectivity index (χ1v) is 4.58. The molecule has 0 radical (unpaired) electrons. The van der Waals surface area contributed by atoms with Gasteiger partial charge < -0.3 is 5.11 Å². The molecule has 0 unspecified atom stereocenters. The second kappa shape index (κ2) is 4.81. The van der Waals surface area contributed by atoms with Gasteiger partial charge in [-0.25, -0.2) is 9.18 Å². The van der Waals surface area contributed by atoms with E-state index in [2.05, 4.69) is 12.6 Å². The molecule has 0 amide bonds. The third kappa shape index (κ3) is 2.60. The van der Waals surface area contributed by atoms with E-state index in [0.717, 1.165) is 0 Å². The lowest BCUT2D eigenvalue weighted by Crippen LogP contribution is -2.00. The minimum absolute atomic E-state index is 0.312. The number of aromatic carboxylic acids is 1. The fourth-order valence-electron chi connectivity index (χ4n) is 0.997. The predicted octanol–water partition coefficient (Wildman–Crippen LogP) is 2.47. The predicted molar refractivity (Wildman–Crippen MR) is 56.2 cm³/mol. The third-order valence-corrected chi connectivity index (χ3v) is 1.85. The summed E-state index contributed by atoms with van der Waals surface area (Å²) in [4.78, 5) is 10.5. The van der Waals surface area contributed by atoms with Crippen LogP contribution < -0.4 is 0 Å². The molecule has 1 N–H and O–H groups in total. The molecule has 4 heteroatoms. The first kappa shape index (κ1) is 10.8. The standard InChI is InChI=1S/C10H9FO2S/c11-9-6-7(2-1-5-14)3-4-8(9)10(12)13/h1-4,6,14H,5H2,(H,12,13). The van der Waals surface area contributed by atoms with Gasteiger partial charge in [0.25, 0.3) is 0 Å². The smallest absolute Gasteiger partial charge is 0.338 e. The molecule has 14 heavy (non-hydrogen) atoms. The summed E-state index contributed by atoms with van der Waals surface area (Å²) >= 11 is 3.96. The average Bonchev–Trinajstić information content (AvgIpc) is 2.14. The molecule has 0 fully saturated rings. The molecule has 0 atom stereocenters. The molecule has 0 spiro atoms. The van der Waals surface area contributed by atoms with E-state index in [4.69, 9.17) is 5.11 Å². The van der Waals surface area contributed by atoms with E-state index >= 15 is 0 Å². The maximum atomic E-state index is 13.1. The maximum absolute atomic E-state index is 13.1. The first-order valence-electron chi connectivity index (χ1n) is 3.95. The minimum Gasteiger partial charge on any atom is -0.478 e. The van der Waals surface area contributed by atoms with E-state index < -0.39 is 11.8 Å². The van der Waals surface area contributed by atoms with E-state index in [1.807, 2.05) is 0 Å². The topological polar surface area (TPSA) is 37.3 Å². The van der Waals surface area contributed by atoms with Crippen molar-refractivity contribution in [1.29, 1.82) is 0 Å². The van der Waals surface area contributed by atoms with Crippen molar-refractivity contribution in [1.82, 2.24) is 0 Å². The van der Waals surface area contributed by atoms with E-state index in [9.17, 15) is 9.18 Å². The molecule has 0 aliphatic heterocycles. The van der Waals surface area contributed by atoms with Gasteiger partial charge in [-0.2, -0.15) is 12.6 Å². The summed E-state index contributed by atoms with van der Waals surface area (Å²) in [5.74, 6) is -1.42. The number of hydrogen-bond acceptors (Lipinski definition) is 2. The van der Waals surface area contributed by atoms with Crippen LogP contribution in [0.25, 0.3) is 6.08 Å². The van der Waals surface area contributed by atoms with Crippen LogP contribution in [0.4, 0.5) is 4.39 Å². The van der Waals surface area contributed by atoms with Crippen molar-refractivity contribution in [2.45, 2.75) is 0 Å². The van der Waals surface area contributed by atoms with Gasteiger partial charge >= 0.3 is 5.97 Å². The summed E-state index contributed by atoms with van der Waals surface area (Å²) in [6.07, 6.45) is 3.43. The molecule has 1 rings (SSSR count). The highest BCUT2D eigenvalue weighted by atomic mass is 32.1. The summed E-state index contributed by atoms with van der Waals surface area (Å²) in [5.41, 5.74) is 0.314. The van der Waals surface area contributed by atoms with E-state index in [1.165, 1.54) is 12.1 Å². The zero-order valence-corrected chi connectivity index (χ0v) is 8.17. The van der Waals surface area contributed by atoms with Crippen molar-refractivity contribution in [3.05, 3.63) is 41.2 Å². The van der Waals surface area contributed by atoms with Crippen LogP contribution in [0.3, 0.4) is 0 Å². The van der Waals surface area contributed by atoms with Gasteiger partial charge in [-0.05, 0) is 17.7 Å². The fraction of sp³-hybridized carbons (Fsp3) is 0.100. The number of hydrogen-bond donors (Lipinski definition) is 2. The first-order chi connectivity index (χ1) is 6.65. The van der Waals surface area contributed by atoms with Crippen LogP contribution in [0.1, 0.15) is 15.9 Å². The van der Waals surface area contributed by atoms with Crippen LogP contribution in [0.15, 0.2) is 24.3 Å². The monoisotopic (exact) mass is 212 g/mol. The summed E-state index contributed by atoms with van der Waals surface area (Å²) in [5, 5.41) is 8.56. The highest BCUT2D eigenvalue weighted by Crippen LogP contribution is 2.11. The number of carbonyl (C=O) groups is 1. The molecule has 0 aromatic heterocycles. The van der Waals surface area contributed by atoms with Crippen LogP contribution in [0.2, 0.25) is 0 Å². The van der Waals surface area contributed by atoms with Crippen LogP contribution in [-0.2, 0) is 0 Å². The Balaban J connectivity index is 3.00. The number of rotatable bonds is 3. The van der Waals surface area contributed by atoms with Crippen LogP contribution in [0.5, 0.6) is 0 Å². The molecule has 1 aromatic carbocycles. The molecule has 2 nitrogen and oxygen atoms in total. The molecular weight excluding hydrogens is 203 g/mol. The summed E-state index contributed by atoms with van der Waals surface area (Å²) in [7, 11) is 0. The highest BCUT2D eigenvalue weighted by Gasteiger charge is 2.08. The Morgan fingerprint density at radius 2 is 2.29 bits per heavy atom. The van der Waals surface area contributed by atoms with E-state index in [1.54, 1.807) is 18.2 Å². The van der Waals surface area contributed by atoms with Crippen molar-refractivity contribution < 1.29 is 14.3 Å². The Morgan fingerprint density at radius 1 is 1.57 bits per heavy atom. The number of carboxylic acid groups (broad SMARTS) is 1. The Bertz CT molecular complexity index is 374. The number of thiol groups is 1. The Labute approximate surface area is 86.5 Å². The summed E-state index contributed by atoms with van der Waals surface area (Å²) in [6, 6.07) is 3.98. The van der Waals surface area contributed by atoms with Crippen molar-refractivity contribution in [2.24, 2.45) is 0 Å². The fourth-order valence-corrected chi connectivity index (χ4v) is 1.10. The molecule has 74 valence electrons. The molecule has 0 aliphatic carbocycles. The zero-order chi connectivity index (χ0) is 10.6. The molecule has 1 aromatic rings. The molecule has 0 bridgehead atoms. The summed E-state index contributed by atoms with van der Waals surface area (Å²) < 4.78 is 13.1. The maximum Gasteiger partial charge on any atom is 0.338 e. The zero-order valence-electron chi connectivity index (χ0n) is 7.27. The Morgan fingerprint density at radius 3 is 2.79 bits per heavy atom. The average molecular weight is 212 g/mol. The Hall–Kier alpha value is -1.29. The van der Waals surface area contributed by atoms with Gasteiger partial charge in [-0.3, -0.25) is 0 Å². The van der Waals surface area contributed by atoms with Gasteiger partial charge in [0.05, 0.1) is 5.56 Å². The normalized spacial score (nSPS) is 10.7. The lowest BCUT2D eigenvalue weighted by molar-refractivity contribution is 0.0692. The number of halogens is 1. The highest BCUT2D eigenvalue weighted by molar-refractivity contribution is 7.80. The Kier molecular flexibility index (Phi) is 3.71. The second-order valence-corrected chi connectivity index (χ2v) is 2.99. The van der Waals surface area contributed by atoms with Gasteiger partial charge in [0.1, 0.15) is 5.82 Å². The van der Waals surface area contributed by atoms with E-state index in [-0.39, 0.29) is 5.56 Å². The van der Waals surface area contributed by atoms with Gasteiger partial charge in [-0.15, -0.1) is 0 Å². The third-order valence-electron chi connectivity index (χ3n) is 1.64. The second-order valence-electron chi connectivity index (χ2n) is 2.63. The van der Waals surface area contributed by atoms with E-state index in [0.29, 0.717) is 11.3 Å². The molecule has 0 saturated heterocycles. The minimum atomic E-state index is -1.26. The van der Waals surface area contributed by atoms with Crippen LogP contribution in [0, 0.1) is 5.82 Å². The summed E-state index contributed by atoms with van der Waals surface area (Å²) in [6.45, 7) is 0. The molecule has 0 aliphatic rings. The molecule has 0 heterocycles. The van der Waals surface area contributed by atoms with Gasteiger partial charge in [0.2, 0.25) is 0 Å². The SMILES string of the molecule is O=C(O)c1ccc(C=CCS)cc1F. The van der Waals surface area contributed by atoms with Gasteiger partial charge in [0.15, 0.2) is 0 Å². The number of carboxylic acids is 1.